The summed E-state index contributed by atoms with van der Waals surface area (Å²) in [5.74, 6) is 0.350. The number of aliphatic hydroxyl groups is 1. The zero-order chi connectivity index (χ0) is 16.9. The Labute approximate surface area is 145 Å². The lowest BCUT2D eigenvalue weighted by molar-refractivity contribution is -0.117. The van der Waals surface area contributed by atoms with Crippen molar-refractivity contribution in [3.05, 3.63) is 41.3 Å². The van der Waals surface area contributed by atoms with Crippen molar-refractivity contribution in [3.8, 4) is 0 Å². The van der Waals surface area contributed by atoms with Crippen molar-refractivity contribution in [2.45, 2.75) is 18.9 Å². The van der Waals surface area contributed by atoms with Gasteiger partial charge in [0.15, 0.2) is 5.15 Å². The summed E-state index contributed by atoms with van der Waals surface area (Å²) >= 11 is 6.09. The van der Waals surface area contributed by atoms with Crippen LogP contribution in [0.3, 0.4) is 0 Å². The predicted octanol–water partition coefficient (Wildman–Crippen LogP) is 1.90. The first-order valence-electron chi connectivity index (χ1n) is 7.98. The summed E-state index contributed by atoms with van der Waals surface area (Å²) in [6.07, 6.45) is 6.52. The van der Waals surface area contributed by atoms with Gasteiger partial charge in [-0.3, -0.25) is 9.20 Å². The molecule has 2 aromatic heterocycles. The van der Waals surface area contributed by atoms with E-state index in [0.29, 0.717) is 29.0 Å². The summed E-state index contributed by atoms with van der Waals surface area (Å²) < 4.78 is 7.18. The molecule has 1 amide bonds. The van der Waals surface area contributed by atoms with Gasteiger partial charge in [0.25, 0.3) is 0 Å². The fraction of sp³-hybridized carbons (Fsp3) is 0.412. The number of hydrogen-bond acceptors (Lipinski definition) is 4. The zero-order valence-electron chi connectivity index (χ0n) is 13.2. The van der Waals surface area contributed by atoms with Crippen molar-refractivity contribution >= 4 is 29.2 Å². The Morgan fingerprint density at radius 3 is 3.17 bits per heavy atom. The Balaban J connectivity index is 1.48. The first-order valence-corrected chi connectivity index (χ1v) is 8.35. The minimum atomic E-state index is -0.708. The van der Waals surface area contributed by atoms with E-state index >= 15 is 0 Å². The number of fused-ring (bicyclic) bond motifs is 1. The Kier molecular flexibility index (Phi) is 5.50. The van der Waals surface area contributed by atoms with Crippen LogP contribution in [0.5, 0.6) is 0 Å². The molecule has 128 valence electrons. The minimum Gasteiger partial charge on any atom is -0.389 e. The van der Waals surface area contributed by atoms with Crippen LogP contribution >= 0.6 is 11.6 Å². The van der Waals surface area contributed by atoms with E-state index in [1.807, 2.05) is 24.4 Å². The maximum atomic E-state index is 11.9. The lowest BCUT2D eigenvalue weighted by Gasteiger charge is -2.11. The number of nitrogens with one attached hydrogen (secondary N) is 1. The number of amides is 1. The molecule has 2 N–H and O–H groups in total. The molecule has 0 spiro atoms. The van der Waals surface area contributed by atoms with Gasteiger partial charge < -0.3 is 15.2 Å². The highest BCUT2D eigenvalue weighted by molar-refractivity contribution is 6.31. The van der Waals surface area contributed by atoms with Crippen molar-refractivity contribution in [2.75, 3.05) is 19.8 Å². The molecule has 0 saturated heterocycles. The Morgan fingerprint density at radius 2 is 2.38 bits per heavy atom. The average molecular weight is 350 g/mol. The number of pyridine rings is 1. The third kappa shape index (κ3) is 4.56. The number of nitrogens with zero attached hydrogens (tertiary/aromatic N) is 2. The maximum absolute atomic E-state index is 11.9. The van der Waals surface area contributed by atoms with E-state index in [1.54, 1.807) is 10.5 Å². The highest BCUT2D eigenvalue weighted by Gasteiger charge is 2.21. The molecule has 1 aliphatic carbocycles. The highest BCUT2D eigenvalue weighted by Crippen LogP contribution is 2.28. The van der Waals surface area contributed by atoms with Crippen molar-refractivity contribution in [1.82, 2.24) is 14.7 Å². The van der Waals surface area contributed by atoms with Gasteiger partial charge in [-0.1, -0.05) is 17.7 Å². The van der Waals surface area contributed by atoms with Gasteiger partial charge in [0.2, 0.25) is 5.91 Å². The van der Waals surface area contributed by atoms with Crippen LogP contribution in [0.25, 0.3) is 11.7 Å². The molecule has 1 saturated carbocycles. The van der Waals surface area contributed by atoms with Gasteiger partial charge in [0.05, 0.1) is 18.4 Å². The third-order valence-corrected chi connectivity index (χ3v) is 4.07. The molecule has 7 heteroatoms. The minimum absolute atomic E-state index is 0.148. The van der Waals surface area contributed by atoms with Gasteiger partial charge in [-0.2, -0.15) is 0 Å². The van der Waals surface area contributed by atoms with Gasteiger partial charge in [-0.15, -0.1) is 0 Å². The molecule has 2 heterocycles. The fourth-order valence-electron chi connectivity index (χ4n) is 2.28. The molecule has 0 aliphatic heterocycles. The fourth-order valence-corrected chi connectivity index (χ4v) is 2.52. The van der Waals surface area contributed by atoms with E-state index in [-0.39, 0.29) is 19.1 Å². The van der Waals surface area contributed by atoms with E-state index < -0.39 is 6.10 Å². The Morgan fingerprint density at radius 1 is 1.54 bits per heavy atom. The molecule has 3 rings (SSSR count). The summed E-state index contributed by atoms with van der Waals surface area (Å²) in [5, 5.41) is 12.7. The first-order chi connectivity index (χ1) is 11.6. The van der Waals surface area contributed by atoms with E-state index in [9.17, 15) is 9.90 Å². The van der Waals surface area contributed by atoms with E-state index in [4.69, 9.17) is 16.3 Å². The number of aliphatic hydroxyl groups excluding tert-OH is 1. The van der Waals surface area contributed by atoms with Crippen LogP contribution in [0, 0.1) is 5.92 Å². The summed E-state index contributed by atoms with van der Waals surface area (Å²) in [7, 11) is 0. The molecule has 0 radical (unpaired) electrons. The van der Waals surface area contributed by atoms with Gasteiger partial charge in [0.1, 0.15) is 5.65 Å². The molecule has 2 aromatic rings. The number of carbonyl (C=O) groups is 1. The number of hydrogen-bond donors (Lipinski definition) is 2. The monoisotopic (exact) mass is 349 g/mol. The second-order valence-electron chi connectivity index (χ2n) is 5.93. The second-order valence-corrected chi connectivity index (χ2v) is 6.29. The van der Waals surface area contributed by atoms with Gasteiger partial charge in [-0.25, -0.2) is 4.98 Å². The zero-order valence-corrected chi connectivity index (χ0v) is 13.9. The molecule has 0 bridgehead atoms. The normalized spacial score (nSPS) is 15.9. The quantitative estimate of drug-likeness (QED) is 0.714. The molecule has 1 aliphatic rings. The van der Waals surface area contributed by atoms with Crippen LogP contribution in [0.2, 0.25) is 5.15 Å². The standard InChI is InChI=1S/C17H20ClN3O3/c18-17-14(21-8-2-1-3-15(21)20-17)6-7-16(23)19-9-13(22)11-24-10-12-4-5-12/h1-3,6-8,12-13,22H,4-5,9-11H2,(H,19,23)/b7-6+. The number of carbonyl (C=O) groups excluding carboxylic acids is 1. The van der Waals surface area contributed by atoms with E-state index in [1.165, 1.54) is 18.9 Å². The number of imidazole rings is 1. The van der Waals surface area contributed by atoms with Crippen LogP contribution in [-0.2, 0) is 9.53 Å². The van der Waals surface area contributed by atoms with Crippen molar-refractivity contribution in [3.63, 3.8) is 0 Å². The maximum Gasteiger partial charge on any atom is 0.244 e. The van der Waals surface area contributed by atoms with Gasteiger partial charge in [-0.05, 0) is 37.0 Å². The SMILES string of the molecule is O=C(/C=C/c1c(Cl)nc2ccccn12)NCC(O)COCC1CC1. The largest absolute Gasteiger partial charge is 0.389 e. The van der Waals surface area contributed by atoms with Crippen molar-refractivity contribution < 1.29 is 14.6 Å². The smallest absolute Gasteiger partial charge is 0.244 e. The summed E-state index contributed by atoms with van der Waals surface area (Å²) in [4.78, 5) is 16.1. The first kappa shape index (κ1) is 17.0. The molecular weight excluding hydrogens is 330 g/mol. The van der Waals surface area contributed by atoms with Crippen LogP contribution in [0.1, 0.15) is 18.5 Å². The summed E-state index contributed by atoms with van der Waals surface area (Å²) in [6, 6.07) is 5.56. The third-order valence-electron chi connectivity index (χ3n) is 3.79. The average Bonchev–Trinajstić information content (AvgIpc) is 3.33. The number of halogens is 1. The lowest BCUT2D eigenvalue weighted by atomic mass is 10.3. The van der Waals surface area contributed by atoms with Crippen molar-refractivity contribution in [2.24, 2.45) is 5.92 Å². The second kappa shape index (κ2) is 7.79. The molecule has 1 fully saturated rings. The number of rotatable bonds is 8. The van der Waals surface area contributed by atoms with Crippen LogP contribution in [0.15, 0.2) is 30.5 Å². The number of ether oxygens (including phenoxy) is 1. The van der Waals surface area contributed by atoms with Crippen LogP contribution in [0.4, 0.5) is 0 Å². The molecule has 1 atom stereocenters. The molecular formula is C17H20ClN3O3. The summed E-state index contributed by atoms with van der Waals surface area (Å²) in [5.41, 5.74) is 1.35. The predicted molar refractivity (Wildman–Crippen MR) is 91.8 cm³/mol. The van der Waals surface area contributed by atoms with Gasteiger partial charge in [0, 0.05) is 25.4 Å². The van der Waals surface area contributed by atoms with Gasteiger partial charge >= 0.3 is 0 Å². The highest BCUT2D eigenvalue weighted by atomic mass is 35.5. The summed E-state index contributed by atoms with van der Waals surface area (Å²) in [6.45, 7) is 1.08. The Hall–Kier alpha value is -1.89. The van der Waals surface area contributed by atoms with E-state index in [0.717, 1.165) is 0 Å². The molecule has 0 aromatic carbocycles. The molecule has 1 unspecified atom stereocenters. The topological polar surface area (TPSA) is 75.9 Å². The lowest BCUT2D eigenvalue weighted by Crippen LogP contribution is -2.33. The van der Waals surface area contributed by atoms with Crippen LogP contribution in [-0.4, -0.2) is 46.3 Å². The Bertz CT molecular complexity index is 740. The molecule has 24 heavy (non-hydrogen) atoms. The van der Waals surface area contributed by atoms with Crippen LogP contribution < -0.4 is 5.32 Å². The van der Waals surface area contributed by atoms with E-state index in [2.05, 4.69) is 10.3 Å². The van der Waals surface area contributed by atoms with Crippen molar-refractivity contribution in [1.29, 1.82) is 0 Å². The number of aromatic nitrogens is 2. The molecule has 6 nitrogen and oxygen atoms in total.